The molecule has 0 spiro atoms. The van der Waals surface area contributed by atoms with Crippen molar-refractivity contribution in [3.05, 3.63) is 83.7 Å². The van der Waals surface area contributed by atoms with Gasteiger partial charge in [-0.05, 0) is 60.2 Å². The van der Waals surface area contributed by atoms with Crippen LogP contribution in [-0.2, 0) is 0 Å². The maximum atomic E-state index is 13.3. The van der Waals surface area contributed by atoms with E-state index in [-0.39, 0.29) is 24.1 Å². The Bertz CT molecular complexity index is 987. The summed E-state index contributed by atoms with van der Waals surface area (Å²) in [5, 5.41) is 3.33. The zero-order valence-corrected chi connectivity index (χ0v) is 17.1. The van der Waals surface area contributed by atoms with E-state index in [0.29, 0.717) is 17.1 Å². The number of carbonyl (C=O) groups excluding carboxylic acids is 1. The highest BCUT2D eigenvalue weighted by atomic mass is 19.1. The molecule has 30 heavy (non-hydrogen) atoms. The minimum atomic E-state index is -0.318. The summed E-state index contributed by atoms with van der Waals surface area (Å²) in [4.78, 5) is 13.0. The van der Waals surface area contributed by atoms with Gasteiger partial charge >= 0.3 is 0 Å². The van der Waals surface area contributed by atoms with Crippen LogP contribution in [0.15, 0.2) is 66.7 Å². The molecular formula is C24H24FNO4. The van der Waals surface area contributed by atoms with E-state index in [1.807, 2.05) is 24.3 Å². The standard InChI is InChI=1S/C24H24FNO4/c1-28-20-11-4-16(5-12-20)21(26-19-9-7-18(25)8-10-19)15-22(27)17-6-13-23(29-2)24(14-17)30-3/h4-14,21,26H,15H2,1-3H3. The van der Waals surface area contributed by atoms with Gasteiger partial charge in [0.05, 0.1) is 27.4 Å². The fraction of sp³-hybridized carbons (Fsp3) is 0.208. The molecule has 3 rings (SSSR count). The average molecular weight is 409 g/mol. The Kier molecular flexibility index (Phi) is 6.91. The molecule has 0 aliphatic carbocycles. The monoisotopic (exact) mass is 409 g/mol. The van der Waals surface area contributed by atoms with E-state index < -0.39 is 0 Å². The number of benzene rings is 3. The van der Waals surface area contributed by atoms with Gasteiger partial charge in [-0.3, -0.25) is 4.79 Å². The molecule has 0 aliphatic rings. The summed E-state index contributed by atoms with van der Waals surface area (Å²) in [6.45, 7) is 0. The number of hydrogen-bond donors (Lipinski definition) is 1. The minimum absolute atomic E-state index is 0.0635. The summed E-state index contributed by atoms with van der Waals surface area (Å²) in [6, 6.07) is 18.3. The van der Waals surface area contributed by atoms with E-state index in [9.17, 15) is 9.18 Å². The molecule has 3 aromatic carbocycles. The van der Waals surface area contributed by atoms with Gasteiger partial charge in [0.15, 0.2) is 17.3 Å². The molecule has 0 fully saturated rings. The van der Waals surface area contributed by atoms with Gasteiger partial charge in [-0.2, -0.15) is 0 Å². The van der Waals surface area contributed by atoms with Crippen molar-refractivity contribution in [3.8, 4) is 17.2 Å². The Labute approximate surface area is 175 Å². The number of rotatable bonds is 9. The van der Waals surface area contributed by atoms with Gasteiger partial charge in [0, 0.05) is 17.7 Å². The lowest BCUT2D eigenvalue weighted by Gasteiger charge is -2.21. The average Bonchev–Trinajstić information content (AvgIpc) is 2.79. The normalized spacial score (nSPS) is 11.5. The zero-order valence-electron chi connectivity index (χ0n) is 17.1. The molecule has 0 saturated carbocycles. The quantitative estimate of drug-likeness (QED) is 0.488. The number of methoxy groups -OCH3 is 3. The molecule has 6 heteroatoms. The van der Waals surface area contributed by atoms with E-state index in [2.05, 4.69) is 5.32 Å². The maximum absolute atomic E-state index is 13.3. The lowest BCUT2D eigenvalue weighted by molar-refractivity contribution is 0.0976. The number of halogens is 1. The number of carbonyl (C=O) groups is 1. The molecule has 0 radical (unpaired) electrons. The van der Waals surface area contributed by atoms with Crippen LogP contribution in [0.4, 0.5) is 10.1 Å². The highest BCUT2D eigenvalue weighted by Crippen LogP contribution is 2.30. The van der Waals surface area contributed by atoms with Crippen LogP contribution in [0, 0.1) is 5.82 Å². The van der Waals surface area contributed by atoms with Crippen LogP contribution in [0.5, 0.6) is 17.2 Å². The number of Topliss-reactive ketones (excluding diaryl/α,β-unsaturated/α-hetero) is 1. The van der Waals surface area contributed by atoms with Crippen molar-refractivity contribution in [1.29, 1.82) is 0 Å². The highest BCUT2D eigenvalue weighted by Gasteiger charge is 2.19. The van der Waals surface area contributed by atoms with Crippen molar-refractivity contribution >= 4 is 11.5 Å². The number of hydrogen-bond acceptors (Lipinski definition) is 5. The third kappa shape index (κ3) is 5.08. The largest absolute Gasteiger partial charge is 0.497 e. The van der Waals surface area contributed by atoms with Gasteiger partial charge in [0.25, 0.3) is 0 Å². The number of ketones is 1. The third-order valence-electron chi connectivity index (χ3n) is 4.80. The molecule has 1 atom stereocenters. The molecule has 156 valence electrons. The van der Waals surface area contributed by atoms with Crippen molar-refractivity contribution in [2.45, 2.75) is 12.5 Å². The molecule has 0 bridgehead atoms. The predicted octanol–water partition coefficient (Wildman–Crippen LogP) is 5.28. The first-order chi connectivity index (χ1) is 14.5. The third-order valence-corrected chi connectivity index (χ3v) is 4.80. The van der Waals surface area contributed by atoms with Crippen LogP contribution >= 0.6 is 0 Å². The number of anilines is 1. The predicted molar refractivity (Wildman–Crippen MR) is 114 cm³/mol. The van der Waals surface area contributed by atoms with E-state index in [4.69, 9.17) is 14.2 Å². The second kappa shape index (κ2) is 9.78. The molecule has 5 nitrogen and oxygen atoms in total. The van der Waals surface area contributed by atoms with Crippen molar-refractivity contribution in [1.82, 2.24) is 0 Å². The molecule has 0 heterocycles. The van der Waals surface area contributed by atoms with E-state index >= 15 is 0 Å². The SMILES string of the molecule is COc1ccc(C(CC(=O)c2ccc(OC)c(OC)c2)Nc2ccc(F)cc2)cc1. The fourth-order valence-corrected chi connectivity index (χ4v) is 3.15. The fourth-order valence-electron chi connectivity index (χ4n) is 3.15. The first-order valence-electron chi connectivity index (χ1n) is 9.45. The van der Waals surface area contributed by atoms with Crippen LogP contribution in [0.1, 0.15) is 28.4 Å². The summed E-state index contributed by atoms with van der Waals surface area (Å²) < 4.78 is 29.0. The minimum Gasteiger partial charge on any atom is -0.497 e. The molecule has 1 unspecified atom stereocenters. The molecule has 0 saturated heterocycles. The lowest BCUT2D eigenvalue weighted by Crippen LogP contribution is -2.16. The van der Waals surface area contributed by atoms with Crippen molar-refractivity contribution in [2.75, 3.05) is 26.6 Å². The molecule has 0 amide bonds. The highest BCUT2D eigenvalue weighted by molar-refractivity contribution is 5.97. The van der Waals surface area contributed by atoms with Crippen molar-refractivity contribution in [2.24, 2.45) is 0 Å². The van der Waals surface area contributed by atoms with E-state index in [1.54, 1.807) is 44.6 Å². The van der Waals surface area contributed by atoms with Crippen LogP contribution in [-0.4, -0.2) is 27.1 Å². The maximum Gasteiger partial charge on any atom is 0.165 e. The van der Waals surface area contributed by atoms with Crippen molar-refractivity contribution in [3.63, 3.8) is 0 Å². The van der Waals surface area contributed by atoms with Crippen LogP contribution in [0.2, 0.25) is 0 Å². The summed E-state index contributed by atoms with van der Waals surface area (Å²) in [6.07, 6.45) is 0.194. The molecule has 3 aromatic rings. The van der Waals surface area contributed by atoms with Gasteiger partial charge < -0.3 is 19.5 Å². The second-order valence-electron chi connectivity index (χ2n) is 6.67. The van der Waals surface area contributed by atoms with Gasteiger partial charge in [-0.25, -0.2) is 4.39 Å². The Hall–Kier alpha value is -3.54. The molecule has 0 aromatic heterocycles. The van der Waals surface area contributed by atoms with Gasteiger partial charge in [0.1, 0.15) is 11.6 Å². The Balaban J connectivity index is 1.87. The van der Waals surface area contributed by atoms with Gasteiger partial charge in [-0.15, -0.1) is 0 Å². The first kappa shape index (κ1) is 21.2. The summed E-state index contributed by atoms with van der Waals surface area (Å²) in [7, 11) is 4.68. The molecular weight excluding hydrogens is 385 g/mol. The number of nitrogens with one attached hydrogen (secondary N) is 1. The Morgan fingerprint density at radius 1 is 0.867 bits per heavy atom. The van der Waals surface area contributed by atoms with Crippen LogP contribution in [0.3, 0.4) is 0 Å². The summed E-state index contributed by atoms with van der Waals surface area (Å²) in [5.41, 5.74) is 2.15. The van der Waals surface area contributed by atoms with Crippen LogP contribution in [0.25, 0.3) is 0 Å². The molecule has 1 N–H and O–H groups in total. The molecule has 0 aliphatic heterocycles. The van der Waals surface area contributed by atoms with Crippen LogP contribution < -0.4 is 19.5 Å². The topological polar surface area (TPSA) is 56.8 Å². The lowest BCUT2D eigenvalue weighted by atomic mass is 9.97. The number of ether oxygens (including phenoxy) is 3. The first-order valence-corrected chi connectivity index (χ1v) is 9.45. The summed E-state index contributed by atoms with van der Waals surface area (Å²) in [5.74, 6) is 1.40. The summed E-state index contributed by atoms with van der Waals surface area (Å²) >= 11 is 0. The zero-order chi connectivity index (χ0) is 21.5. The van der Waals surface area contributed by atoms with Crippen molar-refractivity contribution < 1.29 is 23.4 Å². The second-order valence-corrected chi connectivity index (χ2v) is 6.67. The van der Waals surface area contributed by atoms with E-state index in [1.165, 1.54) is 19.2 Å². The van der Waals surface area contributed by atoms with Gasteiger partial charge in [0.2, 0.25) is 0 Å². The Morgan fingerprint density at radius 2 is 1.53 bits per heavy atom. The Morgan fingerprint density at radius 3 is 2.13 bits per heavy atom. The van der Waals surface area contributed by atoms with E-state index in [0.717, 1.165) is 17.0 Å². The smallest absolute Gasteiger partial charge is 0.165 e. The van der Waals surface area contributed by atoms with Gasteiger partial charge in [-0.1, -0.05) is 12.1 Å².